The molecule has 1 heterocycles. The Labute approximate surface area is 133 Å². The van der Waals surface area contributed by atoms with Crippen molar-refractivity contribution >= 4 is 29.4 Å². The molecule has 0 saturated carbocycles. The van der Waals surface area contributed by atoms with Gasteiger partial charge in [0.2, 0.25) is 0 Å². The molecule has 0 spiro atoms. The Bertz CT molecular complexity index is 821. The van der Waals surface area contributed by atoms with E-state index in [2.05, 4.69) is 5.10 Å². The quantitative estimate of drug-likeness (QED) is 0.885. The van der Waals surface area contributed by atoms with Crippen molar-refractivity contribution in [2.75, 3.05) is 5.01 Å². The molecule has 2 aromatic rings. The predicted octanol–water partition coefficient (Wildman–Crippen LogP) is 3.19. The third-order valence-electron chi connectivity index (χ3n) is 3.53. The van der Waals surface area contributed by atoms with E-state index in [1.54, 1.807) is 25.1 Å². The van der Waals surface area contributed by atoms with E-state index in [9.17, 15) is 9.59 Å². The standard InChI is InChI=1S/C18H14N2O3/c1-12-16(11-13-5-3-2-4-6-13)17(21)20(19-12)15-9-7-14(8-10-15)18(22)23/h2-11H,1H3,(H,22,23)/b16-11+. The number of amides is 1. The van der Waals surface area contributed by atoms with E-state index in [0.717, 1.165) is 5.56 Å². The van der Waals surface area contributed by atoms with Gasteiger partial charge in [-0.2, -0.15) is 10.1 Å². The van der Waals surface area contributed by atoms with Crippen molar-refractivity contribution in [3.63, 3.8) is 0 Å². The molecule has 0 radical (unpaired) electrons. The molecule has 0 aliphatic carbocycles. The average molecular weight is 306 g/mol. The highest BCUT2D eigenvalue weighted by Gasteiger charge is 2.28. The van der Waals surface area contributed by atoms with Gasteiger partial charge in [0.15, 0.2) is 0 Å². The van der Waals surface area contributed by atoms with Crippen LogP contribution in [0.1, 0.15) is 22.8 Å². The van der Waals surface area contributed by atoms with Gasteiger partial charge in [0.25, 0.3) is 5.91 Å². The number of anilines is 1. The zero-order chi connectivity index (χ0) is 16.4. The van der Waals surface area contributed by atoms with Gasteiger partial charge >= 0.3 is 5.97 Å². The van der Waals surface area contributed by atoms with E-state index in [1.165, 1.54) is 17.1 Å². The molecule has 1 amide bonds. The van der Waals surface area contributed by atoms with Gasteiger partial charge < -0.3 is 5.11 Å². The van der Waals surface area contributed by atoms with Crippen LogP contribution in [0, 0.1) is 0 Å². The Kier molecular flexibility index (Phi) is 3.76. The van der Waals surface area contributed by atoms with Gasteiger partial charge in [0.1, 0.15) is 0 Å². The largest absolute Gasteiger partial charge is 0.478 e. The van der Waals surface area contributed by atoms with E-state index in [-0.39, 0.29) is 11.5 Å². The summed E-state index contributed by atoms with van der Waals surface area (Å²) in [5.41, 5.74) is 2.78. The number of carboxylic acids is 1. The van der Waals surface area contributed by atoms with Crippen molar-refractivity contribution in [3.05, 3.63) is 71.3 Å². The van der Waals surface area contributed by atoms with Crippen molar-refractivity contribution < 1.29 is 14.7 Å². The fraction of sp³-hybridized carbons (Fsp3) is 0.0556. The number of aromatic carboxylic acids is 1. The van der Waals surface area contributed by atoms with Gasteiger partial charge in [0, 0.05) is 0 Å². The maximum atomic E-state index is 12.6. The summed E-state index contributed by atoms with van der Waals surface area (Å²) < 4.78 is 0. The number of benzene rings is 2. The lowest BCUT2D eigenvalue weighted by Crippen LogP contribution is -2.21. The lowest BCUT2D eigenvalue weighted by atomic mass is 10.1. The lowest BCUT2D eigenvalue weighted by Gasteiger charge is -2.11. The Balaban J connectivity index is 1.91. The fourth-order valence-corrected chi connectivity index (χ4v) is 2.32. The first kappa shape index (κ1) is 14.7. The average Bonchev–Trinajstić information content (AvgIpc) is 2.84. The maximum absolute atomic E-state index is 12.6. The molecule has 2 aromatic carbocycles. The molecule has 1 aliphatic heterocycles. The summed E-state index contributed by atoms with van der Waals surface area (Å²) in [7, 11) is 0. The van der Waals surface area contributed by atoms with E-state index in [1.807, 2.05) is 30.3 Å². The first-order valence-electron chi connectivity index (χ1n) is 7.06. The maximum Gasteiger partial charge on any atom is 0.335 e. The highest BCUT2D eigenvalue weighted by Crippen LogP contribution is 2.25. The van der Waals surface area contributed by atoms with Crippen LogP contribution in [0.3, 0.4) is 0 Å². The molecular formula is C18H14N2O3. The minimum atomic E-state index is -1.01. The molecule has 5 heteroatoms. The monoisotopic (exact) mass is 306 g/mol. The van der Waals surface area contributed by atoms with Gasteiger partial charge in [-0.3, -0.25) is 4.79 Å². The van der Waals surface area contributed by atoms with Crippen LogP contribution in [0.15, 0.2) is 65.3 Å². The molecule has 0 saturated heterocycles. The Morgan fingerprint density at radius 2 is 1.74 bits per heavy atom. The van der Waals surface area contributed by atoms with Crippen LogP contribution in [0.25, 0.3) is 6.08 Å². The summed E-state index contributed by atoms with van der Waals surface area (Å²) in [4.78, 5) is 23.5. The summed E-state index contributed by atoms with van der Waals surface area (Å²) in [6.07, 6.45) is 1.80. The molecule has 1 N–H and O–H groups in total. The molecule has 0 bridgehead atoms. The Morgan fingerprint density at radius 3 is 2.35 bits per heavy atom. The summed E-state index contributed by atoms with van der Waals surface area (Å²) in [5.74, 6) is -1.23. The van der Waals surface area contributed by atoms with Crippen molar-refractivity contribution in [1.82, 2.24) is 0 Å². The highest BCUT2D eigenvalue weighted by molar-refractivity contribution is 6.32. The van der Waals surface area contributed by atoms with Gasteiger partial charge in [0.05, 0.1) is 22.5 Å². The number of carbonyl (C=O) groups is 2. The van der Waals surface area contributed by atoms with Gasteiger partial charge in [-0.05, 0) is 42.8 Å². The van der Waals surface area contributed by atoms with Crippen molar-refractivity contribution in [2.24, 2.45) is 5.10 Å². The molecule has 3 rings (SSSR count). The minimum Gasteiger partial charge on any atom is -0.478 e. The second-order valence-corrected chi connectivity index (χ2v) is 5.12. The lowest BCUT2D eigenvalue weighted by molar-refractivity contribution is -0.114. The predicted molar refractivity (Wildman–Crippen MR) is 88.4 cm³/mol. The van der Waals surface area contributed by atoms with Crippen LogP contribution in [0.4, 0.5) is 5.69 Å². The van der Waals surface area contributed by atoms with E-state index in [4.69, 9.17) is 5.11 Å². The molecule has 5 nitrogen and oxygen atoms in total. The van der Waals surface area contributed by atoms with Crippen molar-refractivity contribution in [2.45, 2.75) is 6.92 Å². The number of carboxylic acid groups (broad SMARTS) is 1. The van der Waals surface area contributed by atoms with Crippen LogP contribution < -0.4 is 5.01 Å². The Morgan fingerprint density at radius 1 is 1.09 bits per heavy atom. The van der Waals surface area contributed by atoms with Crippen molar-refractivity contribution in [3.8, 4) is 0 Å². The molecule has 0 atom stereocenters. The van der Waals surface area contributed by atoms with Gasteiger partial charge in [-0.15, -0.1) is 0 Å². The summed E-state index contributed by atoms with van der Waals surface area (Å²) in [6, 6.07) is 15.6. The zero-order valence-electron chi connectivity index (χ0n) is 12.4. The second-order valence-electron chi connectivity index (χ2n) is 5.12. The van der Waals surface area contributed by atoms with Crippen molar-refractivity contribution in [1.29, 1.82) is 0 Å². The molecule has 23 heavy (non-hydrogen) atoms. The number of hydrogen-bond donors (Lipinski definition) is 1. The topological polar surface area (TPSA) is 70.0 Å². The molecule has 0 aromatic heterocycles. The Hall–Kier alpha value is -3.21. The first-order chi connectivity index (χ1) is 11.1. The molecule has 114 valence electrons. The summed E-state index contributed by atoms with van der Waals surface area (Å²) in [6.45, 7) is 1.78. The number of carbonyl (C=O) groups excluding carboxylic acids is 1. The zero-order valence-corrected chi connectivity index (χ0v) is 12.4. The summed E-state index contributed by atoms with van der Waals surface area (Å²) in [5, 5.41) is 14.5. The molecule has 0 unspecified atom stereocenters. The third kappa shape index (κ3) is 2.89. The SMILES string of the molecule is CC1=NN(c2ccc(C(=O)O)cc2)C(=O)/C1=C/c1ccccc1. The van der Waals surface area contributed by atoms with Crippen LogP contribution in [0.2, 0.25) is 0 Å². The van der Waals surface area contributed by atoms with Gasteiger partial charge in [-0.1, -0.05) is 30.3 Å². The van der Waals surface area contributed by atoms with E-state index < -0.39 is 5.97 Å². The molecular weight excluding hydrogens is 292 g/mol. The first-order valence-corrected chi connectivity index (χ1v) is 7.06. The van der Waals surface area contributed by atoms with Crippen LogP contribution in [-0.2, 0) is 4.79 Å². The molecule has 0 fully saturated rings. The van der Waals surface area contributed by atoms with Crippen LogP contribution in [0.5, 0.6) is 0 Å². The number of nitrogens with zero attached hydrogens (tertiary/aromatic N) is 2. The number of hydrogen-bond acceptors (Lipinski definition) is 3. The summed E-state index contributed by atoms with van der Waals surface area (Å²) >= 11 is 0. The number of hydrazone groups is 1. The molecule has 1 aliphatic rings. The smallest absolute Gasteiger partial charge is 0.335 e. The van der Waals surface area contributed by atoms with E-state index >= 15 is 0 Å². The van der Waals surface area contributed by atoms with Gasteiger partial charge in [-0.25, -0.2) is 4.79 Å². The number of rotatable bonds is 3. The minimum absolute atomic E-state index is 0.168. The van der Waals surface area contributed by atoms with Crippen LogP contribution >= 0.6 is 0 Å². The highest BCUT2D eigenvalue weighted by atomic mass is 16.4. The fourth-order valence-electron chi connectivity index (χ4n) is 2.32. The third-order valence-corrected chi connectivity index (χ3v) is 3.53. The van der Waals surface area contributed by atoms with E-state index in [0.29, 0.717) is 17.0 Å². The normalized spacial score (nSPS) is 15.9. The van der Waals surface area contributed by atoms with Crippen LogP contribution in [-0.4, -0.2) is 22.7 Å². The second kappa shape index (κ2) is 5.88.